The molecular formula is C33H65IO15. The standard InChI is InChI=1S/C33H65IO15/c34-6-3-1-2-4-7-37-9-11-39-13-15-41-17-19-43-21-23-45-25-27-47-29-31-49-32-30-48-28-26-46-24-22-44-20-18-42-16-14-40-12-10-38-8-5-33(35)36/h1-32H2,(H,35,36). The molecule has 1 N–H and O–H groups in total. The maximum absolute atomic E-state index is 10.3. The molecule has 0 amide bonds. The number of ether oxygens (including phenoxy) is 13. The molecule has 0 unspecified atom stereocenters. The number of alkyl halides is 1. The molecule has 0 atom stereocenters. The van der Waals surface area contributed by atoms with Crippen molar-refractivity contribution < 1.29 is 71.5 Å². The van der Waals surface area contributed by atoms with E-state index in [4.69, 9.17) is 66.7 Å². The third kappa shape index (κ3) is 47.7. The molecule has 0 aliphatic heterocycles. The van der Waals surface area contributed by atoms with Gasteiger partial charge in [-0.05, 0) is 17.3 Å². The number of carboxylic acid groups (broad SMARTS) is 1. The number of hydrogen-bond acceptors (Lipinski definition) is 14. The zero-order chi connectivity index (χ0) is 35.4. The molecule has 0 radical (unpaired) electrons. The van der Waals surface area contributed by atoms with Crippen molar-refractivity contribution in [1.82, 2.24) is 0 Å². The molecule has 0 rings (SSSR count). The molecule has 0 aromatic carbocycles. The van der Waals surface area contributed by atoms with Crippen molar-refractivity contribution in [2.75, 3.05) is 176 Å². The van der Waals surface area contributed by atoms with Crippen LogP contribution in [0.2, 0.25) is 0 Å². The molecule has 0 saturated carbocycles. The molecule has 16 heteroatoms. The summed E-state index contributed by atoms with van der Waals surface area (Å²) in [5, 5.41) is 8.49. The average Bonchev–Trinajstić information content (AvgIpc) is 3.10. The largest absolute Gasteiger partial charge is 0.481 e. The van der Waals surface area contributed by atoms with E-state index < -0.39 is 5.97 Å². The molecule has 0 aliphatic carbocycles. The molecule has 0 aromatic heterocycles. The summed E-state index contributed by atoms with van der Waals surface area (Å²) in [5.41, 5.74) is 0. The lowest BCUT2D eigenvalue weighted by Crippen LogP contribution is -2.15. The van der Waals surface area contributed by atoms with Gasteiger partial charge in [-0.25, -0.2) is 0 Å². The van der Waals surface area contributed by atoms with Gasteiger partial charge in [0.2, 0.25) is 0 Å². The Morgan fingerprint density at radius 3 is 0.735 bits per heavy atom. The topological polar surface area (TPSA) is 157 Å². The fourth-order valence-corrected chi connectivity index (χ4v) is 4.09. The molecule has 0 saturated heterocycles. The van der Waals surface area contributed by atoms with Crippen LogP contribution in [0.25, 0.3) is 0 Å². The zero-order valence-corrected chi connectivity index (χ0v) is 31.8. The Morgan fingerprint density at radius 2 is 0.510 bits per heavy atom. The molecule has 0 fully saturated rings. The quantitative estimate of drug-likeness (QED) is 0.0543. The van der Waals surface area contributed by atoms with Crippen LogP contribution in [0.5, 0.6) is 0 Å². The van der Waals surface area contributed by atoms with Gasteiger partial charge in [-0.3, -0.25) is 4.79 Å². The van der Waals surface area contributed by atoms with E-state index in [1.807, 2.05) is 0 Å². The first-order valence-corrected chi connectivity index (χ1v) is 19.1. The van der Waals surface area contributed by atoms with Gasteiger partial charge in [0, 0.05) is 6.61 Å². The highest BCUT2D eigenvalue weighted by Crippen LogP contribution is 2.02. The maximum atomic E-state index is 10.3. The lowest BCUT2D eigenvalue weighted by Gasteiger charge is -2.09. The molecular weight excluding hydrogens is 763 g/mol. The van der Waals surface area contributed by atoms with Gasteiger partial charge in [-0.2, -0.15) is 0 Å². The second-order valence-electron chi connectivity index (χ2n) is 10.2. The third-order valence-electron chi connectivity index (χ3n) is 6.10. The molecule has 294 valence electrons. The van der Waals surface area contributed by atoms with Gasteiger partial charge >= 0.3 is 5.97 Å². The molecule has 0 heterocycles. The van der Waals surface area contributed by atoms with Crippen LogP contribution in [0, 0.1) is 0 Å². The maximum Gasteiger partial charge on any atom is 0.305 e. The lowest BCUT2D eigenvalue weighted by atomic mass is 10.2. The normalized spacial score (nSPS) is 11.5. The summed E-state index contributed by atoms with van der Waals surface area (Å²) in [6.07, 6.45) is 4.96. The van der Waals surface area contributed by atoms with E-state index >= 15 is 0 Å². The summed E-state index contributed by atoms with van der Waals surface area (Å²) in [7, 11) is 0. The van der Waals surface area contributed by atoms with Gasteiger partial charge < -0.3 is 66.7 Å². The summed E-state index contributed by atoms with van der Waals surface area (Å²) in [5.74, 6) is -0.874. The summed E-state index contributed by atoms with van der Waals surface area (Å²) >= 11 is 2.42. The molecule has 15 nitrogen and oxygen atoms in total. The summed E-state index contributed by atoms with van der Waals surface area (Å²) in [6, 6.07) is 0. The highest BCUT2D eigenvalue weighted by molar-refractivity contribution is 14.1. The Hall–Kier alpha value is -0.320. The van der Waals surface area contributed by atoms with Crippen LogP contribution in [0.15, 0.2) is 0 Å². The van der Waals surface area contributed by atoms with Gasteiger partial charge in [0.25, 0.3) is 0 Å². The summed E-state index contributed by atoms with van der Waals surface area (Å²) < 4.78 is 71.9. The van der Waals surface area contributed by atoms with Crippen LogP contribution in [-0.4, -0.2) is 187 Å². The first-order valence-electron chi connectivity index (χ1n) is 17.6. The molecule has 0 bridgehead atoms. The predicted octanol–water partition coefficient (Wildman–Crippen LogP) is 2.67. The van der Waals surface area contributed by atoms with Gasteiger partial charge in [-0.1, -0.05) is 35.4 Å². The highest BCUT2D eigenvalue weighted by atomic mass is 127. The molecule has 49 heavy (non-hydrogen) atoms. The van der Waals surface area contributed by atoms with Crippen LogP contribution >= 0.6 is 22.6 Å². The minimum Gasteiger partial charge on any atom is -0.481 e. The fraction of sp³-hybridized carbons (Fsp3) is 0.970. The molecule has 0 aromatic rings. The predicted molar refractivity (Wildman–Crippen MR) is 190 cm³/mol. The van der Waals surface area contributed by atoms with Crippen LogP contribution < -0.4 is 0 Å². The summed E-state index contributed by atoms with van der Waals surface area (Å²) in [4.78, 5) is 10.3. The van der Waals surface area contributed by atoms with Gasteiger partial charge in [0.15, 0.2) is 0 Å². The van der Waals surface area contributed by atoms with Crippen molar-refractivity contribution in [2.45, 2.75) is 32.1 Å². The highest BCUT2D eigenvalue weighted by Gasteiger charge is 1.98. The number of carboxylic acids is 1. The second kappa shape index (κ2) is 45.7. The number of aliphatic carboxylic acids is 1. The Bertz CT molecular complexity index is 625. The van der Waals surface area contributed by atoms with Crippen LogP contribution in [0.3, 0.4) is 0 Å². The van der Waals surface area contributed by atoms with Crippen molar-refractivity contribution in [3.63, 3.8) is 0 Å². The number of halogens is 1. The summed E-state index contributed by atoms with van der Waals surface area (Å²) in [6.45, 7) is 13.0. The van der Waals surface area contributed by atoms with Gasteiger partial charge in [0.05, 0.1) is 172 Å². The second-order valence-corrected chi connectivity index (χ2v) is 11.3. The smallest absolute Gasteiger partial charge is 0.305 e. The van der Waals surface area contributed by atoms with E-state index in [-0.39, 0.29) is 13.0 Å². The van der Waals surface area contributed by atoms with E-state index in [0.29, 0.717) is 159 Å². The first kappa shape index (κ1) is 48.7. The van der Waals surface area contributed by atoms with E-state index in [2.05, 4.69) is 22.6 Å². The SMILES string of the molecule is O=C(O)CCOCCOCCOCCOCCOCCOCCOCCOCCOCCOCCOCCOCCOCCCCCCI. The Balaban J connectivity index is 3.05. The lowest BCUT2D eigenvalue weighted by molar-refractivity contribution is -0.138. The van der Waals surface area contributed by atoms with Gasteiger partial charge in [0.1, 0.15) is 0 Å². The van der Waals surface area contributed by atoms with Crippen molar-refractivity contribution in [3.8, 4) is 0 Å². The van der Waals surface area contributed by atoms with Crippen molar-refractivity contribution in [1.29, 1.82) is 0 Å². The van der Waals surface area contributed by atoms with Crippen LogP contribution in [0.4, 0.5) is 0 Å². The Labute approximate surface area is 307 Å². The van der Waals surface area contributed by atoms with E-state index in [9.17, 15) is 4.79 Å². The number of rotatable bonds is 45. The van der Waals surface area contributed by atoms with Crippen molar-refractivity contribution in [3.05, 3.63) is 0 Å². The monoisotopic (exact) mass is 828 g/mol. The zero-order valence-electron chi connectivity index (χ0n) is 29.7. The van der Waals surface area contributed by atoms with Crippen LogP contribution in [-0.2, 0) is 66.4 Å². The van der Waals surface area contributed by atoms with E-state index in [0.717, 1.165) is 13.0 Å². The van der Waals surface area contributed by atoms with Crippen molar-refractivity contribution in [2.24, 2.45) is 0 Å². The number of unbranched alkanes of at least 4 members (excludes halogenated alkanes) is 3. The molecule has 0 aliphatic rings. The minimum absolute atomic E-state index is 0.00216. The third-order valence-corrected chi connectivity index (χ3v) is 6.86. The number of carbonyl (C=O) groups is 1. The fourth-order valence-electron chi connectivity index (χ4n) is 3.55. The van der Waals surface area contributed by atoms with Gasteiger partial charge in [-0.15, -0.1) is 0 Å². The first-order chi connectivity index (χ1) is 24.3. The van der Waals surface area contributed by atoms with E-state index in [1.54, 1.807) is 0 Å². The average molecular weight is 829 g/mol. The Morgan fingerprint density at radius 1 is 0.306 bits per heavy atom. The minimum atomic E-state index is -0.874. The van der Waals surface area contributed by atoms with Crippen molar-refractivity contribution >= 4 is 28.6 Å². The Kier molecular flexibility index (Phi) is 45.4. The van der Waals surface area contributed by atoms with Crippen LogP contribution in [0.1, 0.15) is 32.1 Å². The number of hydrogen-bond donors (Lipinski definition) is 1. The molecule has 0 spiro atoms. The van der Waals surface area contributed by atoms with E-state index in [1.165, 1.54) is 23.7 Å².